The topological polar surface area (TPSA) is 90.1 Å². The minimum absolute atomic E-state index is 0.0387. The first-order valence-corrected chi connectivity index (χ1v) is 9.87. The van der Waals surface area contributed by atoms with Crippen LogP contribution < -0.4 is 11.1 Å². The van der Waals surface area contributed by atoms with E-state index in [-0.39, 0.29) is 23.5 Å². The molecule has 7 heteroatoms. The SMILES string of the molecule is Nc1ncc(C#CCCNC(=O)OCC2c3ccccc3-c3ccccc32)nc1Cl. The molecule has 150 valence electrons. The van der Waals surface area contributed by atoms with E-state index in [9.17, 15) is 4.79 Å². The number of alkyl carbamates (subject to hydrolysis) is 1. The molecule has 0 atom stereocenters. The number of halogens is 1. The number of nitrogen functional groups attached to an aromatic ring is 1. The van der Waals surface area contributed by atoms with Crippen LogP contribution in [0, 0.1) is 11.8 Å². The van der Waals surface area contributed by atoms with E-state index in [1.165, 1.54) is 28.5 Å². The summed E-state index contributed by atoms with van der Waals surface area (Å²) in [5, 5.41) is 2.84. The largest absolute Gasteiger partial charge is 0.449 e. The zero-order valence-corrected chi connectivity index (χ0v) is 16.8. The standard InChI is InChI=1S/C23H19ClN4O2/c24-21-22(25)27-13-15(28-21)7-5-6-12-26-23(29)30-14-20-18-10-3-1-8-16(18)17-9-2-4-11-19(17)20/h1-4,8-11,13,20H,6,12,14H2,(H2,25,27)(H,26,29). The molecule has 1 aromatic heterocycles. The molecule has 0 fully saturated rings. The van der Waals surface area contributed by atoms with Gasteiger partial charge in [0.1, 0.15) is 12.3 Å². The second kappa shape index (κ2) is 8.85. The zero-order valence-electron chi connectivity index (χ0n) is 16.1. The number of nitrogens with two attached hydrogens (primary N) is 1. The number of rotatable bonds is 4. The highest BCUT2D eigenvalue weighted by atomic mass is 35.5. The Kier molecular flexibility index (Phi) is 5.82. The van der Waals surface area contributed by atoms with Gasteiger partial charge in [0.05, 0.1) is 6.20 Å². The van der Waals surface area contributed by atoms with Gasteiger partial charge in [0.2, 0.25) is 0 Å². The quantitative estimate of drug-likeness (QED) is 0.493. The maximum Gasteiger partial charge on any atom is 0.407 e. The molecule has 0 aliphatic heterocycles. The Hall–Kier alpha value is -3.56. The smallest absolute Gasteiger partial charge is 0.407 e. The van der Waals surface area contributed by atoms with Gasteiger partial charge in [-0.05, 0) is 28.2 Å². The molecule has 6 nitrogen and oxygen atoms in total. The zero-order chi connectivity index (χ0) is 20.9. The molecule has 0 radical (unpaired) electrons. The van der Waals surface area contributed by atoms with Gasteiger partial charge in [-0.15, -0.1) is 0 Å². The molecule has 2 aromatic carbocycles. The van der Waals surface area contributed by atoms with Gasteiger partial charge in [0.15, 0.2) is 11.0 Å². The van der Waals surface area contributed by atoms with Gasteiger partial charge >= 0.3 is 6.09 Å². The van der Waals surface area contributed by atoms with Crippen LogP contribution in [0.3, 0.4) is 0 Å². The van der Waals surface area contributed by atoms with E-state index in [0.717, 1.165) is 0 Å². The van der Waals surface area contributed by atoms with Crippen molar-refractivity contribution in [2.45, 2.75) is 12.3 Å². The molecular weight excluding hydrogens is 400 g/mol. The summed E-state index contributed by atoms with van der Waals surface area (Å²) in [6.45, 7) is 0.644. The highest BCUT2D eigenvalue weighted by Gasteiger charge is 2.28. The summed E-state index contributed by atoms with van der Waals surface area (Å²) in [6.07, 6.45) is 1.43. The third-order valence-corrected chi connectivity index (χ3v) is 5.11. The Labute approximate surface area is 179 Å². The van der Waals surface area contributed by atoms with Crippen LogP contribution in [0.1, 0.15) is 29.2 Å². The number of aromatic nitrogens is 2. The molecule has 4 rings (SSSR count). The molecule has 1 heterocycles. The van der Waals surface area contributed by atoms with Crippen molar-refractivity contribution in [2.75, 3.05) is 18.9 Å². The van der Waals surface area contributed by atoms with Crippen molar-refractivity contribution in [3.05, 3.63) is 76.7 Å². The molecule has 0 spiro atoms. The Morgan fingerprint density at radius 2 is 1.80 bits per heavy atom. The third-order valence-electron chi connectivity index (χ3n) is 4.84. The summed E-state index contributed by atoms with van der Waals surface area (Å²) < 4.78 is 5.48. The molecule has 30 heavy (non-hydrogen) atoms. The van der Waals surface area contributed by atoms with Gasteiger partial charge in [-0.2, -0.15) is 0 Å². The highest BCUT2D eigenvalue weighted by Crippen LogP contribution is 2.44. The molecule has 0 unspecified atom stereocenters. The molecule has 3 N–H and O–H groups in total. The van der Waals surface area contributed by atoms with E-state index in [2.05, 4.69) is 51.4 Å². The maximum atomic E-state index is 12.1. The predicted molar refractivity (Wildman–Crippen MR) is 116 cm³/mol. The van der Waals surface area contributed by atoms with Crippen LogP contribution in [-0.2, 0) is 4.74 Å². The van der Waals surface area contributed by atoms with Gasteiger partial charge in [-0.1, -0.05) is 66.1 Å². The van der Waals surface area contributed by atoms with Crippen molar-refractivity contribution in [3.63, 3.8) is 0 Å². The first-order chi connectivity index (χ1) is 14.6. The number of ether oxygens (including phenoxy) is 1. The van der Waals surface area contributed by atoms with Crippen LogP contribution in [0.25, 0.3) is 11.1 Å². The Morgan fingerprint density at radius 1 is 1.13 bits per heavy atom. The minimum Gasteiger partial charge on any atom is -0.449 e. The molecule has 0 saturated heterocycles. The molecule has 0 bridgehead atoms. The number of fused-ring (bicyclic) bond motifs is 3. The van der Waals surface area contributed by atoms with Crippen molar-refractivity contribution in [3.8, 4) is 23.0 Å². The van der Waals surface area contributed by atoms with Crippen LogP contribution in [0.15, 0.2) is 54.7 Å². The van der Waals surface area contributed by atoms with Crippen molar-refractivity contribution in [1.82, 2.24) is 15.3 Å². The lowest BCUT2D eigenvalue weighted by atomic mass is 9.98. The van der Waals surface area contributed by atoms with Gasteiger partial charge in [-0.25, -0.2) is 14.8 Å². The van der Waals surface area contributed by atoms with Crippen molar-refractivity contribution < 1.29 is 9.53 Å². The molecule has 3 aromatic rings. The van der Waals surface area contributed by atoms with Gasteiger partial charge in [0, 0.05) is 18.9 Å². The van der Waals surface area contributed by atoms with Crippen molar-refractivity contribution in [2.24, 2.45) is 0 Å². The van der Waals surface area contributed by atoms with Crippen LogP contribution in [0.5, 0.6) is 0 Å². The third kappa shape index (κ3) is 4.22. The Balaban J connectivity index is 1.29. The number of hydrogen-bond donors (Lipinski definition) is 2. The number of anilines is 1. The van der Waals surface area contributed by atoms with E-state index in [0.29, 0.717) is 18.7 Å². The van der Waals surface area contributed by atoms with Gasteiger partial charge in [-0.3, -0.25) is 0 Å². The number of benzene rings is 2. The fourth-order valence-corrected chi connectivity index (χ4v) is 3.61. The summed E-state index contributed by atoms with van der Waals surface area (Å²) in [4.78, 5) is 20.0. The predicted octanol–water partition coefficient (Wildman–Crippen LogP) is 3.99. The van der Waals surface area contributed by atoms with Crippen LogP contribution in [0.4, 0.5) is 10.6 Å². The summed E-state index contributed by atoms with van der Waals surface area (Å²) >= 11 is 5.81. The van der Waals surface area contributed by atoms with E-state index >= 15 is 0 Å². The van der Waals surface area contributed by atoms with E-state index in [1.54, 1.807) is 0 Å². The lowest BCUT2D eigenvalue weighted by Gasteiger charge is -2.14. The number of amides is 1. The molecule has 1 aliphatic carbocycles. The fourth-order valence-electron chi connectivity index (χ4n) is 3.47. The summed E-state index contributed by atoms with van der Waals surface area (Å²) in [7, 11) is 0. The Morgan fingerprint density at radius 3 is 2.47 bits per heavy atom. The summed E-state index contributed by atoms with van der Waals surface area (Å²) in [5.74, 6) is 5.94. The normalized spacial score (nSPS) is 11.8. The number of carbonyl (C=O) groups excluding carboxylic acids is 1. The second-order valence-electron chi connectivity index (χ2n) is 6.74. The lowest BCUT2D eigenvalue weighted by molar-refractivity contribution is 0.143. The Bertz CT molecular complexity index is 1110. The molecule has 1 amide bonds. The number of carbonyl (C=O) groups is 1. The van der Waals surface area contributed by atoms with Crippen LogP contribution >= 0.6 is 11.6 Å². The average molecular weight is 419 g/mol. The number of hydrogen-bond acceptors (Lipinski definition) is 5. The van der Waals surface area contributed by atoms with Crippen LogP contribution in [0.2, 0.25) is 5.15 Å². The summed E-state index contributed by atoms with van der Waals surface area (Å²) in [6, 6.07) is 16.4. The summed E-state index contributed by atoms with van der Waals surface area (Å²) in [5.41, 5.74) is 10.7. The highest BCUT2D eigenvalue weighted by molar-refractivity contribution is 6.31. The first-order valence-electron chi connectivity index (χ1n) is 9.49. The van der Waals surface area contributed by atoms with E-state index in [4.69, 9.17) is 22.1 Å². The first kappa shape index (κ1) is 19.7. The lowest BCUT2D eigenvalue weighted by Crippen LogP contribution is -2.26. The van der Waals surface area contributed by atoms with E-state index in [1.807, 2.05) is 24.3 Å². The van der Waals surface area contributed by atoms with Crippen LogP contribution in [-0.4, -0.2) is 29.2 Å². The monoisotopic (exact) mass is 418 g/mol. The molecular formula is C23H19ClN4O2. The van der Waals surface area contributed by atoms with Crippen molar-refractivity contribution in [1.29, 1.82) is 0 Å². The molecule has 0 saturated carbocycles. The van der Waals surface area contributed by atoms with Gasteiger partial charge < -0.3 is 15.8 Å². The van der Waals surface area contributed by atoms with Crippen molar-refractivity contribution >= 4 is 23.5 Å². The second-order valence-corrected chi connectivity index (χ2v) is 7.09. The number of nitrogens with one attached hydrogen (secondary N) is 1. The number of nitrogens with zero attached hydrogens (tertiary/aromatic N) is 2. The van der Waals surface area contributed by atoms with Gasteiger partial charge in [0.25, 0.3) is 0 Å². The molecule has 1 aliphatic rings. The fraction of sp³-hybridized carbons (Fsp3) is 0.174. The van der Waals surface area contributed by atoms with E-state index < -0.39 is 6.09 Å². The maximum absolute atomic E-state index is 12.1. The minimum atomic E-state index is -0.464. The average Bonchev–Trinajstić information content (AvgIpc) is 3.08.